The van der Waals surface area contributed by atoms with Crippen LogP contribution < -0.4 is 5.11 Å². The van der Waals surface area contributed by atoms with E-state index in [4.69, 9.17) is 9.47 Å². The second kappa shape index (κ2) is 8.14. The van der Waals surface area contributed by atoms with Crippen LogP contribution in [0.3, 0.4) is 0 Å². The van der Waals surface area contributed by atoms with E-state index in [-0.39, 0.29) is 5.70 Å². The van der Waals surface area contributed by atoms with Crippen molar-refractivity contribution in [3.8, 4) is 0 Å². The van der Waals surface area contributed by atoms with Crippen LogP contribution in [0.2, 0.25) is 0 Å². The molecule has 1 heterocycles. The van der Waals surface area contributed by atoms with Crippen LogP contribution in [0.5, 0.6) is 0 Å². The summed E-state index contributed by atoms with van der Waals surface area (Å²) in [6.45, 7) is 0. The summed E-state index contributed by atoms with van der Waals surface area (Å²) < 4.78 is 11.2. The molecule has 0 saturated heterocycles. The van der Waals surface area contributed by atoms with E-state index in [1.54, 1.807) is 30.5 Å². The quantitative estimate of drug-likeness (QED) is 0.302. The first-order valence-corrected chi connectivity index (χ1v) is 8.22. The molecule has 0 amide bonds. The van der Waals surface area contributed by atoms with E-state index in [1.165, 1.54) is 25.0 Å². The maximum Gasteiger partial charge on any atom is 0.395 e. The number of carbonyl (C=O) groups excluding carboxylic acids is 1. The molecule has 136 valence electrons. The number of hydrogen-bond acceptors (Lipinski definition) is 5. The van der Waals surface area contributed by atoms with E-state index >= 15 is 0 Å². The number of hydrogen-bond donors (Lipinski definition) is 0. The number of fused-ring (bicyclic) bond motifs is 1. The highest BCUT2D eigenvalue weighted by molar-refractivity contribution is 6.21. The number of rotatable bonds is 5. The molecule has 0 N–H and O–H groups in total. The van der Waals surface area contributed by atoms with Gasteiger partial charge < -0.3 is 14.6 Å². The zero-order valence-electron chi connectivity index (χ0n) is 15.0. The van der Waals surface area contributed by atoms with Crippen molar-refractivity contribution < 1.29 is 24.0 Å². The van der Waals surface area contributed by atoms with Crippen molar-refractivity contribution in [2.24, 2.45) is 0 Å². The van der Waals surface area contributed by atoms with Crippen LogP contribution in [-0.4, -0.2) is 36.0 Å². The van der Waals surface area contributed by atoms with Crippen molar-refractivity contribution >= 4 is 34.3 Å². The van der Waals surface area contributed by atoms with Crippen molar-refractivity contribution in [3.05, 3.63) is 78.5 Å². The molecule has 27 heavy (non-hydrogen) atoms. The van der Waals surface area contributed by atoms with Gasteiger partial charge in [-0.2, -0.15) is 4.58 Å². The lowest BCUT2D eigenvalue weighted by Crippen LogP contribution is -2.20. The Labute approximate surface area is 156 Å². The zero-order valence-corrected chi connectivity index (χ0v) is 15.0. The predicted molar refractivity (Wildman–Crippen MR) is 100 cm³/mol. The first-order chi connectivity index (χ1) is 13.2. The van der Waals surface area contributed by atoms with Gasteiger partial charge in [0.25, 0.3) is 11.9 Å². The number of benzene rings is 2. The van der Waals surface area contributed by atoms with Crippen LogP contribution in [0.15, 0.2) is 72.8 Å². The molecule has 0 atom stereocenters. The number of carbonyl (C=O) groups is 1. The molecule has 0 aliphatic heterocycles. The van der Waals surface area contributed by atoms with Crippen LogP contribution in [-0.2, 0) is 14.3 Å². The minimum Gasteiger partial charge on any atom is -0.612 e. The minimum absolute atomic E-state index is 0.117. The standard InChI is InChI=1S/C21H18N2O4/c1-26-18(24)14-23(16-9-4-3-5-10-16)20(21(25)27-2)19-17-11-7-6-8-15(17)12-13-22-19/h3-14H,1-2H3. The van der Waals surface area contributed by atoms with Gasteiger partial charge >= 0.3 is 5.97 Å². The molecule has 6 nitrogen and oxygen atoms in total. The number of pyridine rings is 1. The Morgan fingerprint density at radius 1 is 1.00 bits per heavy atom. The molecule has 3 rings (SSSR count). The molecule has 1 aromatic heterocycles. The number of nitrogens with zero attached hydrogens (tertiary/aromatic N) is 2. The summed E-state index contributed by atoms with van der Waals surface area (Å²) in [5, 5.41) is 14.4. The van der Waals surface area contributed by atoms with Crippen LogP contribution >= 0.6 is 0 Å². The lowest BCUT2D eigenvalue weighted by atomic mass is 10.1. The van der Waals surface area contributed by atoms with Crippen LogP contribution in [0.4, 0.5) is 5.69 Å². The highest BCUT2D eigenvalue weighted by Crippen LogP contribution is 2.29. The minimum atomic E-state index is -0.622. The Bertz CT molecular complexity index is 1020. The number of ether oxygens (including phenoxy) is 2. The Kier molecular flexibility index (Phi) is 5.47. The summed E-state index contributed by atoms with van der Waals surface area (Å²) in [7, 11) is 2.56. The molecule has 3 aromatic rings. The van der Waals surface area contributed by atoms with Gasteiger partial charge in [0.15, 0.2) is 0 Å². The normalized spacial score (nSPS) is 12.4. The van der Waals surface area contributed by atoms with E-state index in [1.807, 2.05) is 36.4 Å². The Balaban J connectivity index is 2.33. The van der Waals surface area contributed by atoms with Crippen molar-refractivity contribution in [2.45, 2.75) is 0 Å². The smallest absolute Gasteiger partial charge is 0.395 e. The van der Waals surface area contributed by atoms with E-state index in [2.05, 4.69) is 4.98 Å². The largest absolute Gasteiger partial charge is 0.612 e. The summed E-state index contributed by atoms with van der Waals surface area (Å²) in [6, 6.07) is 18.4. The van der Waals surface area contributed by atoms with Gasteiger partial charge in [0.05, 0.1) is 7.11 Å². The molecule has 0 radical (unpaired) electrons. The molecule has 0 spiro atoms. The van der Waals surface area contributed by atoms with Crippen LogP contribution in [0, 0.1) is 0 Å². The molecule has 6 heteroatoms. The van der Waals surface area contributed by atoms with E-state index < -0.39 is 11.9 Å². The highest BCUT2D eigenvalue weighted by atomic mass is 16.6. The molecule has 0 bridgehead atoms. The summed E-state index contributed by atoms with van der Waals surface area (Å²) >= 11 is 0. The lowest BCUT2D eigenvalue weighted by Gasteiger charge is -2.15. The fourth-order valence-corrected chi connectivity index (χ4v) is 2.73. The SMILES string of the molecule is COC(=O)C=[N+](/C(=C(\[O-])OC)c1nccc2ccccc12)c1ccccc1. The van der Waals surface area contributed by atoms with Gasteiger partial charge in [0, 0.05) is 23.7 Å². The van der Waals surface area contributed by atoms with Crippen molar-refractivity contribution in [2.75, 3.05) is 14.2 Å². The summed E-state index contributed by atoms with van der Waals surface area (Å²) in [4.78, 5) is 16.4. The maximum atomic E-state index is 12.7. The number of esters is 1. The van der Waals surface area contributed by atoms with E-state index in [0.717, 1.165) is 10.8 Å². The molecular formula is C21H18N2O4. The third kappa shape index (κ3) is 3.79. The highest BCUT2D eigenvalue weighted by Gasteiger charge is 2.26. The fourth-order valence-electron chi connectivity index (χ4n) is 2.73. The van der Waals surface area contributed by atoms with Gasteiger partial charge in [0.2, 0.25) is 5.69 Å². The molecule has 0 saturated carbocycles. The van der Waals surface area contributed by atoms with E-state index in [0.29, 0.717) is 11.4 Å². The van der Waals surface area contributed by atoms with Gasteiger partial charge in [-0.1, -0.05) is 42.5 Å². The fraction of sp³-hybridized carbons (Fsp3) is 0.0952. The molecular weight excluding hydrogens is 344 g/mol. The number of para-hydroxylation sites is 1. The summed E-state index contributed by atoms with van der Waals surface area (Å²) in [5.41, 5.74) is 1.12. The average molecular weight is 362 g/mol. The van der Waals surface area contributed by atoms with Gasteiger partial charge in [-0.15, -0.1) is 0 Å². The van der Waals surface area contributed by atoms with Crippen LogP contribution in [0.1, 0.15) is 5.69 Å². The third-order valence-corrected chi connectivity index (χ3v) is 3.99. The third-order valence-electron chi connectivity index (χ3n) is 3.99. The summed E-state index contributed by atoms with van der Waals surface area (Å²) in [6.07, 6.45) is 2.81. The average Bonchev–Trinajstić information content (AvgIpc) is 2.73. The predicted octanol–water partition coefficient (Wildman–Crippen LogP) is 2.46. The maximum absolute atomic E-state index is 12.7. The first kappa shape index (κ1) is 18.1. The Morgan fingerprint density at radius 3 is 2.41 bits per heavy atom. The van der Waals surface area contributed by atoms with E-state index in [9.17, 15) is 9.90 Å². The molecule has 0 fully saturated rings. The van der Waals surface area contributed by atoms with Crippen LogP contribution in [0.25, 0.3) is 16.5 Å². The monoisotopic (exact) mass is 362 g/mol. The molecule has 0 aliphatic rings. The van der Waals surface area contributed by atoms with Gasteiger partial charge in [-0.05, 0) is 18.6 Å². The van der Waals surface area contributed by atoms with Gasteiger partial charge in [-0.3, -0.25) is 0 Å². The zero-order chi connectivity index (χ0) is 19.2. The molecule has 0 aliphatic carbocycles. The first-order valence-electron chi connectivity index (χ1n) is 8.22. The molecule has 2 aromatic carbocycles. The van der Waals surface area contributed by atoms with Gasteiger partial charge in [-0.25, -0.2) is 9.78 Å². The Hall–Kier alpha value is -3.67. The Morgan fingerprint density at radius 2 is 1.70 bits per heavy atom. The molecule has 0 unspecified atom stereocenters. The van der Waals surface area contributed by atoms with Crippen molar-refractivity contribution in [1.29, 1.82) is 0 Å². The van der Waals surface area contributed by atoms with Crippen molar-refractivity contribution in [1.82, 2.24) is 4.98 Å². The number of methoxy groups -OCH3 is 2. The lowest BCUT2D eigenvalue weighted by molar-refractivity contribution is -0.387. The summed E-state index contributed by atoms with van der Waals surface area (Å²) in [5.74, 6) is -1.23. The second-order valence-electron chi connectivity index (χ2n) is 5.58. The topological polar surface area (TPSA) is 74.5 Å². The van der Waals surface area contributed by atoms with Gasteiger partial charge in [0.1, 0.15) is 11.6 Å². The second-order valence-corrected chi connectivity index (χ2v) is 5.58. The van der Waals surface area contributed by atoms with Crippen molar-refractivity contribution in [3.63, 3.8) is 0 Å². The number of aromatic nitrogens is 1.